The molecule has 32 heavy (non-hydrogen) atoms. The largest absolute Gasteiger partial charge is 0.497 e. The normalized spacial score (nSPS) is 10.7. The number of methoxy groups -OCH3 is 2. The molecule has 4 aromatic rings. The van der Waals surface area contributed by atoms with Crippen molar-refractivity contribution in [2.75, 3.05) is 25.3 Å². The van der Waals surface area contributed by atoms with E-state index in [1.165, 1.54) is 16.6 Å². The predicted molar refractivity (Wildman–Crippen MR) is 127 cm³/mol. The number of thiophene rings is 1. The SMILES string of the molecule is COc1ccc(-n2c(Cc3cccs3)nnc2SCC(=O)Nc2ccccc2OC)cc1. The second-order valence-electron chi connectivity index (χ2n) is 6.73. The number of hydrogen-bond donors (Lipinski definition) is 1. The number of amides is 1. The molecule has 2 aromatic carbocycles. The number of carbonyl (C=O) groups is 1. The molecule has 0 aliphatic carbocycles. The van der Waals surface area contributed by atoms with E-state index in [1.54, 1.807) is 37.7 Å². The van der Waals surface area contributed by atoms with Crippen molar-refractivity contribution in [1.29, 1.82) is 0 Å². The van der Waals surface area contributed by atoms with E-state index in [0.29, 0.717) is 23.0 Å². The summed E-state index contributed by atoms with van der Waals surface area (Å²) in [6, 6.07) is 19.1. The fraction of sp³-hybridized carbons (Fsp3) is 0.174. The van der Waals surface area contributed by atoms with Crippen LogP contribution in [0.15, 0.2) is 71.2 Å². The molecule has 0 bridgehead atoms. The van der Waals surface area contributed by atoms with Crippen LogP contribution in [0, 0.1) is 0 Å². The van der Waals surface area contributed by atoms with Gasteiger partial charge in [0.05, 0.1) is 25.7 Å². The molecule has 164 valence electrons. The van der Waals surface area contributed by atoms with Gasteiger partial charge < -0.3 is 14.8 Å². The molecule has 0 fully saturated rings. The van der Waals surface area contributed by atoms with E-state index in [1.807, 2.05) is 52.4 Å². The maximum absolute atomic E-state index is 12.6. The topological polar surface area (TPSA) is 78.3 Å². The zero-order valence-corrected chi connectivity index (χ0v) is 19.3. The highest BCUT2D eigenvalue weighted by Crippen LogP contribution is 2.27. The molecule has 4 rings (SSSR count). The molecule has 0 aliphatic heterocycles. The molecule has 9 heteroatoms. The molecule has 1 N–H and O–H groups in total. The molecule has 0 saturated carbocycles. The van der Waals surface area contributed by atoms with Crippen LogP contribution in [0.3, 0.4) is 0 Å². The van der Waals surface area contributed by atoms with Gasteiger partial charge in [-0.1, -0.05) is 30.0 Å². The van der Waals surface area contributed by atoms with Gasteiger partial charge in [0.15, 0.2) is 5.16 Å². The number of hydrogen-bond acceptors (Lipinski definition) is 7. The summed E-state index contributed by atoms with van der Waals surface area (Å²) in [5.41, 5.74) is 1.55. The van der Waals surface area contributed by atoms with Crippen molar-refractivity contribution < 1.29 is 14.3 Å². The number of aromatic nitrogens is 3. The highest BCUT2D eigenvalue weighted by Gasteiger charge is 2.17. The number of benzene rings is 2. The number of carbonyl (C=O) groups excluding carboxylic acids is 1. The van der Waals surface area contributed by atoms with Gasteiger partial charge in [0.25, 0.3) is 0 Å². The second kappa shape index (κ2) is 10.3. The van der Waals surface area contributed by atoms with Crippen molar-refractivity contribution in [3.05, 3.63) is 76.7 Å². The van der Waals surface area contributed by atoms with Gasteiger partial charge in [-0.25, -0.2) is 0 Å². The Kier molecular flexibility index (Phi) is 7.08. The predicted octanol–water partition coefficient (Wildman–Crippen LogP) is 4.67. The first-order chi connectivity index (χ1) is 15.7. The highest BCUT2D eigenvalue weighted by molar-refractivity contribution is 7.99. The van der Waals surface area contributed by atoms with E-state index in [9.17, 15) is 4.79 Å². The van der Waals surface area contributed by atoms with Crippen molar-refractivity contribution in [1.82, 2.24) is 14.8 Å². The van der Waals surface area contributed by atoms with Crippen LogP contribution in [0.4, 0.5) is 5.69 Å². The van der Waals surface area contributed by atoms with Crippen LogP contribution in [-0.4, -0.2) is 40.6 Å². The summed E-state index contributed by atoms with van der Waals surface area (Å²) in [5, 5.41) is 14.4. The number of ether oxygens (including phenoxy) is 2. The summed E-state index contributed by atoms with van der Waals surface area (Å²) < 4.78 is 12.6. The lowest BCUT2D eigenvalue weighted by molar-refractivity contribution is -0.113. The third-order valence-electron chi connectivity index (χ3n) is 4.66. The minimum Gasteiger partial charge on any atom is -0.497 e. The molecule has 0 aliphatic rings. The van der Waals surface area contributed by atoms with Crippen molar-refractivity contribution in [3.63, 3.8) is 0 Å². The zero-order chi connectivity index (χ0) is 22.3. The van der Waals surface area contributed by atoms with Crippen LogP contribution >= 0.6 is 23.1 Å². The Labute approximate surface area is 194 Å². The second-order valence-corrected chi connectivity index (χ2v) is 8.70. The van der Waals surface area contributed by atoms with Gasteiger partial charge in [-0.3, -0.25) is 9.36 Å². The number of thioether (sulfide) groups is 1. The Morgan fingerprint density at radius 3 is 2.56 bits per heavy atom. The minimum atomic E-state index is -0.149. The number of nitrogens with zero attached hydrogens (tertiary/aromatic N) is 3. The molecule has 7 nitrogen and oxygen atoms in total. The van der Waals surface area contributed by atoms with Gasteiger partial charge in [-0.15, -0.1) is 21.5 Å². The highest BCUT2D eigenvalue weighted by atomic mass is 32.2. The summed E-state index contributed by atoms with van der Waals surface area (Å²) >= 11 is 3.01. The lowest BCUT2D eigenvalue weighted by Crippen LogP contribution is -2.15. The smallest absolute Gasteiger partial charge is 0.234 e. The van der Waals surface area contributed by atoms with E-state index in [4.69, 9.17) is 9.47 Å². The Balaban J connectivity index is 1.54. The molecule has 0 unspecified atom stereocenters. The molecular weight excluding hydrogens is 444 g/mol. The number of para-hydroxylation sites is 2. The van der Waals surface area contributed by atoms with Crippen molar-refractivity contribution in [3.8, 4) is 17.2 Å². The van der Waals surface area contributed by atoms with Gasteiger partial charge in [-0.2, -0.15) is 0 Å². The van der Waals surface area contributed by atoms with Crippen molar-refractivity contribution in [2.24, 2.45) is 0 Å². The van der Waals surface area contributed by atoms with E-state index in [2.05, 4.69) is 21.6 Å². The summed E-state index contributed by atoms with van der Waals surface area (Å²) in [7, 11) is 3.21. The van der Waals surface area contributed by atoms with Gasteiger partial charge in [0.2, 0.25) is 5.91 Å². The monoisotopic (exact) mass is 466 g/mol. The fourth-order valence-electron chi connectivity index (χ4n) is 3.13. The van der Waals surface area contributed by atoms with Crippen molar-refractivity contribution in [2.45, 2.75) is 11.6 Å². The first-order valence-electron chi connectivity index (χ1n) is 9.84. The maximum Gasteiger partial charge on any atom is 0.234 e. The maximum atomic E-state index is 12.6. The Morgan fingerprint density at radius 1 is 1.03 bits per heavy atom. The summed E-state index contributed by atoms with van der Waals surface area (Å²) in [5.74, 6) is 2.23. The molecular formula is C23H22N4O3S2. The van der Waals surface area contributed by atoms with Crippen LogP contribution < -0.4 is 14.8 Å². The Morgan fingerprint density at radius 2 is 1.84 bits per heavy atom. The van der Waals surface area contributed by atoms with Crippen LogP contribution in [0.1, 0.15) is 10.7 Å². The van der Waals surface area contributed by atoms with Gasteiger partial charge in [-0.05, 0) is 47.8 Å². The lowest BCUT2D eigenvalue weighted by Gasteiger charge is -2.12. The minimum absolute atomic E-state index is 0.149. The average Bonchev–Trinajstić information content (AvgIpc) is 3.48. The molecule has 0 atom stereocenters. The summed E-state index contributed by atoms with van der Waals surface area (Å²) in [6.07, 6.45) is 0.657. The van der Waals surface area contributed by atoms with E-state index >= 15 is 0 Å². The average molecular weight is 467 g/mol. The quantitative estimate of drug-likeness (QED) is 0.361. The molecule has 0 saturated heterocycles. The molecule has 2 aromatic heterocycles. The third kappa shape index (κ3) is 5.12. The van der Waals surface area contributed by atoms with E-state index < -0.39 is 0 Å². The Bertz CT molecular complexity index is 1170. The van der Waals surface area contributed by atoms with Crippen LogP contribution in [0.25, 0.3) is 5.69 Å². The molecule has 1 amide bonds. The zero-order valence-electron chi connectivity index (χ0n) is 17.6. The first kappa shape index (κ1) is 21.9. The molecule has 2 heterocycles. The standard InChI is InChI=1S/C23H22N4O3S2/c1-29-17-11-9-16(10-12-17)27-21(14-18-6-5-13-31-18)25-26-23(27)32-15-22(28)24-19-7-3-4-8-20(19)30-2/h3-13H,14-15H2,1-2H3,(H,24,28). The van der Waals surface area contributed by atoms with Gasteiger partial charge in [0.1, 0.15) is 17.3 Å². The van der Waals surface area contributed by atoms with Gasteiger partial charge >= 0.3 is 0 Å². The van der Waals surface area contributed by atoms with Crippen LogP contribution in [0.5, 0.6) is 11.5 Å². The van der Waals surface area contributed by atoms with Gasteiger partial charge in [0, 0.05) is 17.0 Å². The molecule has 0 spiro atoms. The Hall–Kier alpha value is -3.30. The van der Waals surface area contributed by atoms with E-state index in [-0.39, 0.29) is 11.7 Å². The summed E-state index contributed by atoms with van der Waals surface area (Å²) in [4.78, 5) is 13.8. The summed E-state index contributed by atoms with van der Waals surface area (Å²) in [6.45, 7) is 0. The first-order valence-corrected chi connectivity index (χ1v) is 11.7. The van der Waals surface area contributed by atoms with Crippen LogP contribution in [-0.2, 0) is 11.2 Å². The number of rotatable bonds is 9. The van der Waals surface area contributed by atoms with Crippen LogP contribution in [0.2, 0.25) is 0 Å². The number of anilines is 1. The fourth-order valence-corrected chi connectivity index (χ4v) is 4.60. The van der Waals surface area contributed by atoms with E-state index in [0.717, 1.165) is 17.3 Å². The lowest BCUT2D eigenvalue weighted by atomic mass is 10.2. The molecule has 0 radical (unpaired) electrons. The van der Waals surface area contributed by atoms with Crippen molar-refractivity contribution >= 4 is 34.7 Å². The third-order valence-corrected chi connectivity index (χ3v) is 6.46. The number of nitrogens with one attached hydrogen (secondary N) is 1.